The second kappa shape index (κ2) is 6.20. The van der Waals surface area contributed by atoms with Gasteiger partial charge < -0.3 is 9.88 Å². The lowest BCUT2D eigenvalue weighted by molar-refractivity contribution is 0.0793. The molecule has 2 heterocycles. The van der Waals surface area contributed by atoms with Gasteiger partial charge in [-0.1, -0.05) is 30.3 Å². The molecule has 3 aromatic rings. The number of aromatic amines is 1. The number of fused-ring (bicyclic) bond motifs is 1. The van der Waals surface area contributed by atoms with E-state index in [2.05, 4.69) is 18.0 Å². The maximum Gasteiger partial charge on any atom is 0.255 e. The Balaban J connectivity index is 1.86. The number of aromatic nitrogens is 1. The summed E-state index contributed by atoms with van der Waals surface area (Å²) in [5.41, 5.74) is 3.63. The molecule has 2 aromatic carbocycles. The molecule has 0 bridgehead atoms. The maximum atomic E-state index is 12.6. The van der Waals surface area contributed by atoms with E-state index in [9.17, 15) is 9.59 Å². The minimum Gasteiger partial charge on any atom is -0.339 e. The third-order valence-corrected chi connectivity index (χ3v) is 4.98. The number of amides is 1. The molecule has 1 fully saturated rings. The van der Waals surface area contributed by atoms with Gasteiger partial charge in [-0.3, -0.25) is 9.59 Å². The van der Waals surface area contributed by atoms with Crippen LogP contribution in [0.4, 0.5) is 0 Å². The fraction of sp³-hybridized carbons (Fsp3) is 0.238. The molecule has 0 saturated carbocycles. The molecule has 1 saturated heterocycles. The lowest BCUT2D eigenvalue weighted by Gasteiger charge is -2.16. The van der Waals surface area contributed by atoms with Crippen molar-refractivity contribution in [2.45, 2.75) is 19.8 Å². The van der Waals surface area contributed by atoms with E-state index >= 15 is 0 Å². The molecule has 1 aromatic heterocycles. The zero-order valence-electron chi connectivity index (χ0n) is 14.2. The number of nitrogens with one attached hydrogen (secondary N) is 1. The number of likely N-dealkylation sites (tertiary alicyclic amines) is 1. The number of carbonyl (C=O) groups is 1. The van der Waals surface area contributed by atoms with Crippen molar-refractivity contribution in [1.29, 1.82) is 0 Å². The standard InChI is InChI=1S/C21H20N2O2/c1-14-6-2-3-7-16(14)19-13-22-20(24)18-12-15(8-9-17(18)19)21(25)23-10-4-5-11-23/h2-3,6-9,12-13H,4-5,10-11H2,1H3,(H,22,24). The summed E-state index contributed by atoms with van der Waals surface area (Å²) >= 11 is 0. The molecule has 1 aliphatic heterocycles. The van der Waals surface area contributed by atoms with Crippen molar-refractivity contribution in [3.8, 4) is 11.1 Å². The van der Waals surface area contributed by atoms with E-state index in [1.54, 1.807) is 12.3 Å². The van der Waals surface area contributed by atoms with Crippen molar-refractivity contribution < 1.29 is 4.79 Å². The molecule has 0 atom stereocenters. The van der Waals surface area contributed by atoms with E-state index in [0.717, 1.165) is 48.0 Å². The first-order valence-corrected chi connectivity index (χ1v) is 8.66. The first kappa shape index (κ1) is 15.6. The highest BCUT2D eigenvalue weighted by Crippen LogP contribution is 2.29. The Bertz CT molecular complexity index is 1010. The summed E-state index contributed by atoms with van der Waals surface area (Å²) in [5.74, 6) is 0.0140. The van der Waals surface area contributed by atoms with Gasteiger partial charge >= 0.3 is 0 Å². The van der Waals surface area contributed by atoms with Crippen LogP contribution < -0.4 is 5.56 Å². The van der Waals surface area contributed by atoms with Crippen LogP contribution >= 0.6 is 0 Å². The van der Waals surface area contributed by atoms with Gasteiger partial charge in [0.1, 0.15) is 0 Å². The van der Waals surface area contributed by atoms with Gasteiger partial charge in [-0.05, 0) is 48.4 Å². The number of carbonyl (C=O) groups excluding carboxylic acids is 1. The molecular formula is C21H20N2O2. The van der Waals surface area contributed by atoms with Crippen LogP contribution in [0.1, 0.15) is 28.8 Å². The van der Waals surface area contributed by atoms with Crippen molar-refractivity contribution in [3.05, 3.63) is 70.1 Å². The highest BCUT2D eigenvalue weighted by Gasteiger charge is 2.20. The highest BCUT2D eigenvalue weighted by atomic mass is 16.2. The second-order valence-electron chi connectivity index (χ2n) is 6.61. The van der Waals surface area contributed by atoms with Gasteiger partial charge in [0, 0.05) is 35.8 Å². The topological polar surface area (TPSA) is 53.2 Å². The molecule has 4 nitrogen and oxygen atoms in total. The average molecular weight is 332 g/mol. The van der Waals surface area contributed by atoms with Gasteiger partial charge in [0.2, 0.25) is 0 Å². The van der Waals surface area contributed by atoms with E-state index in [1.807, 2.05) is 35.2 Å². The van der Waals surface area contributed by atoms with Crippen molar-refractivity contribution in [2.75, 3.05) is 13.1 Å². The summed E-state index contributed by atoms with van der Waals surface area (Å²) in [5, 5.41) is 1.43. The Hall–Kier alpha value is -2.88. The number of rotatable bonds is 2. The molecule has 0 spiro atoms. The maximum absolute atomic E-state index is 12.6. The average Bonchev–Trinajstić information content (AvgIpc) is 3.17. The van der Waals surface area contributed by atoms with Gasteiger partial charge in [-0.2, -0.15) is 0 Å². The van der Waals surface area contributed by atoms with Crippen molar-refractivity contribution in [1.82, 2.24) is 9.88 Å². The number of benzene rings is 2. The summed E-state index contributed by atoms with van der Waals surface area (Å²) in [6.07, 6.45) is 3.86. The molecule has 1 aliphatic rings. The van der Waals surface area contributed by atoms with E-state index < -0.39 is 0 Å². The van der Waals surface area contributed by atoms with Crippen LogP contribution in [0, 0.1) is 6.92 Å². The van der Waals surface area contributed by atoms with E-state index in [1.165, 1.54) is 0 Å². The number of H-pyrrole nitrogens is 1. The minimum absolute atomic E-state index is 0.0140. The number of aryl methyl sites for hydroxylation is 1. The Morgan fingerprint density at radius 1 is 1.00 bits per heavy atom. The molecule has 0 radical (unpaired) electrons. The largest absolute Gasteiger partial charge is 0.339 e. The number of pyridine rings is 1. The third-order valence-electron chi connectivity index (χ3n) is 4.98. The van der Waals surface area contributed by atoms with E-state index in [0.29, 0.717) is 10.9 Å². The SMILES string of the molecule is Cc1ccccc1-c1c[nH]c(=O)c2cc(C(=O)N3CCCC3)ccc12. The molecule has 126 valence electrons. The van der Waals surface area contributed by atoms with Gasteiger partial charge in [0.25, 0.3) is 11.5 Å². The van der Waals surface area contributed by atoms with Gasteiger partial charge in [0.05, 0.1) is 0 Å². The molecule has 4 heteroatoms. The predicted octanol–water partition coefficient (Wildman–Crippen LogP) is 3.74. The van der Waals surface area contributed by atoms with Crippen LogP contribution in [0.3, 0.4) is 0 Å². The molecule has 25 heavy (non-hydrogen) atoms. The van der Waals surface area contributed by atoms with Crippen molar-refractivity contribution in [2.24, 2.45) is 0 Å². The van der Waals surface area contributed by atoms with Crippen LogP contribution in [0.2, 0.25) is 0 Å². The normalized spacial score (nSPS) is 14.2. The highest BCUT2D eigenvalue weighted by molar-refractivity contribution is 6.02. The fourth-order valence-electron chi connectivity index (χ4n) is 3.59. The zero-order valence-corrected chi connectivity index (χ0v) is 14.2. The summed E-state index contributed by atoms with van der Waals surface area (Å²) in [7, 11) is 0. The monoisotopic (exact) mass is 332 g/mol. The molecular weight excluding hydrogens is 312 g/mol. The molecule has 4 rings (SSSR count). The molecule has 0 aliphatic carbocycles. The molecule has 1 amide bonds. The first-order valence-electron chi connectivity index (χ1n) is 8.66. The zero-order chi connectivity index (χ0) is 17.4. The van der Waals surface area contributed by atoms with Gasteiger partial charge in [0.15, 0.2) is 0 Å². The summed E-state index contributed by atoms with van der Waals surface area (Å²) in [6.45, 7) is 3.66. The van der Waals surface area contributed by atoms with Gasteiger partial charge in [-0.15, -0.1) is 0 Å². The van der Waals surface area contributed by atoms with Crippen LogP contribution in [-0.4, -0.2) is 28.9 Å². The second-order valence-corrected chi connectivity index (χ2v) is 6.61. The quantitative estimate of drug-likeness (QED) is 0.777. The lowest BCUT2D eigenvalue weighted by atomic mass is 9.96. The fourth-order valence-corrected chi connectivity index (χ4v) is 3.59. The van der Waals surface area contributed by atoms with Crippen molar-refractivity contribution >= 4 is 16.7 Å². The summed E-state index contributed by atoms with van der Waals surface area (Å²) < 4.78 is 0. The minimum atomic E-state index is -0.164. The smallest absolute Gasteiger partial charge is 0.255 e. The Morgan fingerprint density at radius 3 is 2.52 bits per heavy atom. The number of hydrogen-bond donors (Lipinski definition) is 1. The molecule has 0 unspecified atom stereocenters. The summed E-state index contributed by atoms with van der Waals surface area (Å²) in [6, 6.07) is 13.6. The Kier molecular flexibility index (Phi) is 3.88. The number of hydrogen-bond acceptors (Lipinski definition) is 2. The van der Waals surface area contributed by atoms with E-state index in [-0.39, 0.29) is 11.5 Å². The first-order chi connectivity index (χ1) is 12.1. The lowest BCUT2D eigenvalue weighted by Crippen LogP contribution is -2.27. The Morgan fingerprint density at radius 2 is 1.76 bits per heavy atom. The van der Waals surface area contributed by atoms with Crippen LogP contribution in [0.25, 0.3) is 21.9 Å². The Labute approximate surface area is 146 Å². The van der Waals surface area contributed by atoms with Crippen molar-refractivity contribution in [3.63, 3.8) is 0 Å². The van der Waals surface area contributed by atoms with Crippen LogP contribution in [0.5, 0.6) is 0 Å². The van der Waals surface area contributed by atoms with Crippen LogP contribution in [0.15, 0.2) is 53.5 Å². The summed E-state index contributed by atoms with van der Waals surface area (Å²) in [4.78, 5) is 29.7. The van der Waals surface area contributed by atoms with Crippen LogP contribution in [-0.2, 0) is 0 Å². The number of nitrogens with zero attached hydrogens (tertiary/aromatic N) is 1. The predicted molar refractivity (Wildman–Crippen MR) is 99.9 cm³/mol. The molecule has 1 N–H and O–H groups in total. The third kappa shape index (κ3) is 2.74. The van der Waals surface area contributed by atoms with E-state index in [4.69, 9.17) is 0 Å². The van der Waals surface area contributed by atoms with Gasteiger partial charge in [-0.25, -0.2) is 0 Å².